The molecule has 0 amide bonds. The van der Waals surface area contributed by atoms with Crippen molar-refractivity contribution in [1.29, 1.82) is 0 Å². The van der Waals surface area contributed by atoms with Gasteiger partial charge >= 0.3 is 0 Å². The van der Waals surface area contributed by atoms with Gasteiger partial charge in [-0.1, -0.05) is 12.1 Å². The van der Waals surface area contributed by atoms with Crippen LogP contribution in [0.4, 0.5) is 0 Å². The van der Waals surface area contributed by atoms with Crippen molar-refractivity contribution in [1.82, 2.24) is 4.98 Å². The van der Waals surface area contributed by atoms with Crippen LogP contribution in [0.3, 0.4) is 0 Å². The number of nitrogens with zero attached hydrogens (tertiary/aromatic N) is 1. The van der Waals surface area contributed by atoms with Gasteiger partial charge in [-0.3, -0.25) is 0 Å². The first-order chi connectivity index (χ1) is 5.81. The van der Waals surface area contributed by atoms with Crippen LogP contribution in [-0.4, -0.2) is 4.98 Å². The van der Waals surface area contributed by atoms with E-state index in [0.29, 0.717) is 11.5 Å². The molecule has 1 heterocycles. The molecule has 0 saturated carbocycles. The Morgan fingerprint density at radius 1 is 1.42 bits per heavy atom. The molecule has 1 aromatic heterocycles. The number of fused-ring (bicyclic) bond motifs is 1. The summed E-state index contributed by atoms with van der Waals surface area (Å²) in [6.07, 6.45) is 0. The molecular formula is C8H5Cl2NO. The van der Waals surface area contributed by atoms with E-state index < -0.39 is 0 Å². The van der Waals surface area contributed by atoms with Gasteiger partial charge in [-0.25, -0.2) is 0 Å². The van der Waals surface area contributed by atoms with E-state index in [9.17, 15) is 0 Å². The van der Waals surface area contributed by atoms with Crippen LogP contribution in [0.15, 0.2) is 22.6 Å². The van der Waals surface area contributed by atoms with Crippen molar-refractivity contribution in [3.63, 3.8) is 0 Å². The van der Waals surface area contributed by atoms with Gasteiger partial charge in [0.25, 0.3) is 5.35 Å². The number of para-hydroxylation sites is 1. The Morgan fingerprint density at radius 3 is 3.00 bits per heavy atom. The highest BCUT2D eigenvalue weighted by atomic mass is 35.5. The highest BCUT2D eigenvalue weighted by Gasteiger charge is 2.06. The first kappa shape index (κ1) is 7.90. The highest BCUT2D eigenvalue weighted by molar-refractivity contribution is 6.28. The number of halogens is 2. The predicted molar refractivity (Wildman–Crippen MR) is 48.6 cm³/mol. The molecule has 0 spiro atoms. The van der Waals surface area contributed by atoms with E-state index in [1.807, 2.05) is 18.2 Å². The molecule has 2 nitrogen and oxygen atoms in total. The summed E-state index contributed by atoms with van der Waals surface area (Å²) in [7, 11) is 0. The van der Waals surface area contributed by atoms with E-state index in [2.05, 4.69) is 4.98 Å². The zero-order chi connectivity index (χ0) is 8.55. The van der Waals surface area contributed by atoms with Crippen LogP contribution < -0.4 is 0 Å². The fraction of sp³-hybridized carbons (Fsp3) is 0.125. The Kier molecular flexibility index (Phi) is 1.95. The SMILES string of the molecule is ClCc1cccc2oc(Cl)nc12. The Balaban J connectivity index is 2.78. The third-order valence-electron chi connectivity index (χ3n) is 1.62. The van der Waals surface area contributed by atoms with E-state index in [4.69, 9.17) is 27.6 Å². The summed E-state index contributed by atoms with van der Waals surface area (Å²) in [6, 6.07) is 5.57. The summed E-state index contributed by atoms with van der Waals surface area (Å²) in [5.74, 6) is 0.417. The van der Waals surface area contributed by atoms with Crippen LogP contribution in [0.5, 0.6) is 0 Å². The molecule has 0 saturated heterocycles. The van der Waals surface area contributed by atoms with Gasteiger partial charge in [0.2, 0.25) is 0 Å². The lowest BCUT2D eigenvalue weighted by molar-refractivity contribution is 0.604. The van der Waals surface area contributed by atoms with E-state index in [0.717, 1.165) is 11.1 Å². The summed E-state index contributed by atoms with van der Waals surface area (Å²) in [6.45, 7) is 0. The number of hydrogen-bond acceptors (Lipinski definition) is 2. The molecule has 4 heteroatoms. The molecule has 0 fully saturated rings. The van der Waals surface area contributed by atoms with Gasteiger partial charge in [0, 0.05) is 5.88 Å². The van der Waals surface area contributed by atoms with Crippen molar-refractivity contribution in [2.24, 2.45) is 0 Å². The normalized spacial score (nSPS) is 10.8. The van der Waals surface area contributed by atoms with Crippen molar-refractivity contribution < 1.29 is 4.42 Å². The first-order valence-corrected chi connectivity index (χ1v) is 4.32. The fourth-order valence-corrected chi connectivity index (χ4v) is 1.47. The molecular weight excluding hydrogens is 197 g/mol. The first-order valence-electron chi connectivity index (χ1n) is 3.41. The average Bonchev–Trinajstić information content (AvgIpc) is 2.44. The highest BCUT2D eigenvalue weighted by Crippen LogP contribution is 2.22. The minimum absolute atomic E-state index is 0.155. The second-order valence-electron chi connectivity index (χ2n) is 2.36. The van der Waals surface area contributed by atoms with Crippen molar-refractivity contribution in [3.8, 4) is 0 Å². The minimum Gasteiger partial charge on any atom is -0.428 e. The van der Waals surface area contributed by atoms with Crippen molar-refractivity contribution >= 4 is 34.3 Å². The molecule has 0 aliphatic heterocycles. The van der Waals surface area contributed by atoms with Gasteiger partial charge in [-0.2, -0.15) is 4.98 Å². The second kappa shape index (κ2) is 2.96. The third kappa shape index (κ3) is 1.17. The lowest BCUT2D eigenvalue weighted by Gasteiger charge is -1.92. The molecule has 2 rings (SSSR count). The summed E-state index contributed by atoms with van der Waals surface area (Å²) in [4.78, 5) is 4.00. The molecule has 0 N–H and O–H groups in total. The van der Waals surface area contributed by atoms with Crippen LogP contribution in [0.1, 0.15) is 5.56 Å². The average molecular weight is 202 g/mol. The molecule has 0 unspecified atom stereocenters. The summed E-state index contributed by atoms with van der Waals surface area (Å²) in [5.41, 5.74) is 2.36. The molecule has 0 aliphatic rings. The van der Waals surface area contributed by atoms with E-state index in [1.54, 1.807) is 0 Å². The van der Waals surface area contributed by atoms with Crippen LogP contribution in [0.2, 0.25) is 5.35 Å². The Bertz CT molecular complexity index is 410. The second-order valence-corrected chi connectivity index (χ2v) is 2.95. The smallest absolute Gasteiger partial charge is 0.293 e. The lowest BCUT2D eigenvalue weighted by atomic mass is 10.2. The fourth-order valence-electron chi connectivity index (χ4n) is 1.09. The van der Waals surface area contributed by atoms with Crippen LogP contribution >= 0.6 is 23.2 Å². The topological polar surface area (TPSA) is 26.0 Å². The van der Waals surface area contributed by atoms with Gasteiger partial charge in [-0.05, 0) is 23.2 Å². The third-order valence-corrected chi connectivity index (χ3v) is 2.07. The number of oxazole rings is 1. The maximum absolute atomic E-state index is 5.69. The maximum atomic E-state index is 5.69. The number of benzene rings is 1. The van der Waals surface area contributed by atoms with Crippen LogP contribution in [0.25, 0.3) is 11.1 Å². The Morgan fingerprint density at radius 2 is 2.25 bits per heavy atom. The quantitative estimate of drug-likeness (QED) is 0.663. The maximum Gasteiger partial charge on any atom is 0.293 e. The molecule has 0 atom stereocenters. The van der Waals surface area contributed by atoms with Gasteiger partial charge in [0.1, 0.15) is 5.52 Å². The Hall–Kier alpha value is -0.730. The Labute approximate surface area is 79.1 Å². The molecule has 0 aliphatic carbocycles. The predicted octanol–water partition coefficient (Wildman–Crippen LogP) is 3.22. The van der Waals surface area contributed by atoms with Crippen molar-refractivity contribution in [3.05, 3.63) is 29.1 Å². The number of aromatic nitrogens is 1. The van der Waals surface area contributed by atoms with Gasteiger partial charge in [-0.15, -0.1) is 11.6 Å². The molecule has 12 heavy (non-hydrogen) atoms. The van der Waals surface area contributed by atoms with Crippen molar-refractivity contribution in [2.45, 2.75) is 5.88 Å². The summed E-state index contributed by atoms with van der Waals surface area (Å²) >= 11 is 11.3. The van der Waals surface area contributed by atoms with Gasteiger partial charge < -0.3 is 4.42 Å². The molecule has 0 bridgehead atoms. The molecule has 1 aromatic carbocycles. The van der Waals surface area contributed by atoms with E-state index in [-0.39, 0.29) is 5.35 Å². The standard InChI is InChI=1S/C8H5Cl2NO/c9-4-5-2-1-3-6-7(5)11-8(10)12-6/h1-3H,4H2. The minimum atomic E-state index is 0.155. The zero-order valence-electron chi connectivity index (χ0n) is 6.05. The van der Waals surface area contributed by atoms with Crippen LogP contribution in [-0.2, 0) is 5.88 Å². The van der Waals surface area contributed by atoms with E-state index >= 15 is 0 Å². The monoisotopic (exact) mass is 201 g/mol. The number of hydrogen-bond donors (Lipinski definition) is 0. The van der Waals surface area contributed by atoms with Crippen molar-refractivity contribution in [2.75, 3.05) is 0 Å². The summed E-state index contributed by atoms with van der Waals surface area (Å²) < 4.78 is 5.11. The van der Waals surface area contributed by atoms with Crippen LogP contribution in [0, 0.1) is 0 Å². The number of alkyl halides is 1. The largest absolute Gasteiger partial charge is 0.428 e. The molecule has 62 valence electrons. The zero-order valence-corrected chi connectivity index (χ0v) is 7.56. The van der Waals surface area contributed by atoms with E-state index in [1.165, 1.54) is 0 Å². The molecule has 2 aromatic rings. The summed E-state index contributed by atoms with van der Waals surface area (Å²) in [5, 5.41) is 0.155. The molecule has 0 radical (unpaired) electrons. The van der Waals surface area contributed by atoms with Gasteiger partial charge in [0.15, 0.2) is 5.58 Å². The van der Waals surface area contributed by atoms with Gasteiger partial charge in [0.05, 0.1) is 0 Å². The lowest BCUT2D eigenvalue weighted by Crippen LogP contribution is -1.78. The number of rotatable bonds is 1.